The number of hydrogen-bond acceptors (Lipinski definition) is 3. The van der Waals surface area contributed by atoms with Crippen LogP contribution in [0.3, 0.4) is 0 Å². The molecule has 0 saturated heterocycles. The molecule has 1 aliphatic heterocycles. The van der Waals surface area contributed by atoms with E-state index in [1.165, 1.54) is 4.90 Å². The Morgan fingerprint density at radius 3 is 2.38 bits per heavy atom. The molecule has 0 atom stereocenters. The molecule has 1 aromatic rings. The highest BCUT2D eigenvalue weighted by Crippen LogP contribution is 2.30. The normalized spacial score (nSPS) is 14.8. The van der Waals surface area contributed by atoms with Crippen molar-refractivity contribution in [1.29, 1.82) is 0 Å². The SMILES string of the molecule is CC(C)(C)NCCCN1C(=O)C(=O)c2cc(F)c(F)cc21. The van der Waals surface area contributed by atoms with E-state index in [4.69, 9.17) is 0 Å². The molecule has 2 rings (SSSR count). The van der Waals surface area contributed by atoms with Crippen molar-refractivity contribution in [3.63, 3.8) is 0 Å². The number of halogens is 2. The maximum absolute atomic E-state index is 13.3. The smallest absolute Gasteiger partial charge is 0.299 e. The van der Waals surface area contributed by atoms with E-state index in [0.717, 1.165) is 12.1 Å². The first kappa shape index (κ1) is 15.6. The summed E-state index contributed by atoms with van der Waals surface area (Å²) < 4.78 is 26.5. The number of fused-ring (bicyclic) bond motifs is 1. The molecule has 1 heterocycles. The lowest BCUT2D eigenvalue weighted by molar-refractivity contribution is -0.114. The number of carbonyl (C=O) groups excluding carboxylic acids is 2. The van der Waals surface area contributed by atoms with Gasteiger partial charge in [0.05, 0.1) is 11.3 Å². The minimum atomic E-state index is -1.12. The molecule has 0 aliphatic carbocycles. The zero-order valence-corrected chi connectivity index (χ0v) is 12.3. The lowest BCUT2D eigenvalue weighted by Gasteiger charge is -2.22. The van der Waals surface area contributed by atoms with Crippen LogP contribution >= 0.6 is 0 Å². The molecule has 0 fully saturated rings. The van der Waals surface area contributed by atoms with Crippen LogP contribution in [0.2, 0.25) is 0 Å². The van der Waals surface area contributed by atoms with Crippen molar-refractivity contribution in [3.05, 3.63) is 29.3 Å². The number of benzene rings is 1. The topological polar surface area (TPSA) is 49.4 Å². The lowest BCUT2D eigenvalue weighted by atomic mass is 10.1. The van der Waals surface area contributed by atoms with E-state index in [9.17, 15) is 18.4 Å². The van der Waals surface area contributed by atoms with Gasteiger partial charge < -0.3 is 10.2 Å². The van der Waals surface area contributed by atoms with Gasteiger partial charge in [0, 0.05) is 18.2 Å². The van der Waals surface area contributed by atoms with Gasteiger partial charge in [0.2, 0.25) is 0 Å². The Bertz CT molecular complexity index is 594. The van der Waals surface area contributed by atoms with Gasteiger partial charge in [-0.1, -0.05) is 0 Å². The first-order valence-electron chi connectivity index (χ1n) is 6.81. The van der Waals surface area contributed by atoms with Crippen molar-refractivity contribution < 1.29 is 18.4 Å². The van der Waals surface area contributed by atoms with Crippen LogP contribution in [-0.4, -0.2) is 30.3 Å². The van der Waals surface area contributed by atoms with Crippen LogP contribution in [0.5, 0.6) is 0 Å². The number of nitrogens with zero attached hydrogens (tertiary/aromatic N) is 1. The number of Topliss-reactive ketones (excluding diaryl/α,β-unsaturated/α-hetero) is 1. The van der Waals surface area contributed by atoms with Crippen LogP contribution in [-0.2, 0) is 4.79 Å². The van der Waals surface area contributed by atoms with E-state index < -0.39 is 23.3 Å². The molecule has 6 heteroatoms. The van der Waals surface area contributed by atoms with Gasteiger partial charge in [0.1, 0.15) is 0 Å². The van der Waals surface area contributed by atoms with E-state index in [2.05, 4.69) is 5.32 Å². The third-order valence-corrected chi connectivity index (χ3v) is 3.23. The molecule has 0 aromatic heterocycles. The van der Waals surface area contributed by atoms with Crippen molar-refractivity contribution in [2.75, 3.05) is 18.0 Å². The minimum Gasteiger partial charge on any atom is -0.312 e. The summed E-state index contributed by atoms with van der Waals surface area (Å²) in [6.07, 6.45) is 0.606. The third-order valence-electron chi connectivity index (χ3n) is 3.23. The van der Waals surface area contributed by atoms with Gasteiger partial charge >= 0.3 is 0 Å². The van der Waals surface area contributed by atoms with Gasteiger partial charge in [-0.15, -0.1) is 0 Å². The van der Waals surface area contributed by atoms with Gasteiger partial charge in [-0.2, -0.15) is 0 Å². The lowest BCUT2D eigenvalue weighted by Crippen LogP contribution is -2.38. The van der Waals surface area contributed by atoms with Crippen molar-refractivity contribution in [2.24, 2.45) is 0 Å². The molecule has 0 unspecified atom stereocenters. The predicted octanol–water partition coefficient (Wildman–Crippen LogP) is 2.27. The largest absolute Gasteiger partial charge is 0.312 e. The average Bonchev–Trinajstić information content (AvgIpc) is 2.59. The third kappa shape index (κ3) is 3.26. The fraction of sp³-hybridized carbons (Fsp3) is 0.467. The number of nitrogens with one attached hydrogen (secondary N) is 1. The van der Waals surface area contributed by atoms with Gasteiger partial charge in [-0.3, -0.25) is 9.59 Å². The highest BCUT2D eigenvalue weighted by molar-refractivity contribution is 6.52. The van der Waals surface area contributed by atoms with E-state index in [0.29, 0.717) is 13.0 Å². The van der Waals surface area contributed by atoms with Gasteiger partial charge in [-0.25, -0.2) is 8.78 Å². The highest BCUT2D eigenvalue weighted by atomic mass is 19.2. The summed E-state index contributed by atoms with van der Waals surface area (Å²) in [5, 5.41) is 3.26. The van der Waals surface area contributed by atoms with Crippen LogP contribution in [0, 0.1) is 11.6 Å². The average molecular weight is 296 g/mol. The Morgan fingerprint density at radius 1 is 1.14 bits per heavy atom. The summed E-state index contributed by atoms with van der Waals surface area (Å²) in [4.78, 5) is 24.9. The summed E-state index contributed by atoms with van der Waals surface area (Å²) in [5.74, 6) is -3.70. The molecule has 1 aromatic carbocycles. The monoisotopic (exact) mass is 296 g/mol. The van der Waals surface area contributed by atoms with Crippen molar-refractivity contribution in [3.8, 4) is 0 Å². The standard InChI is InChI=1S/C15H18F2N2O2/c1-15(2,3)18-5-4-6-19-12-8-11(17)10(16)7-9(12)13(20)14(19)21/h7-8,18H,4-6H2,1-3H3. The van der Waals surface area contributed by atoms with E-state index in [-0.39, 0.29) is 23.3 Å². The van der Waals surface area contributed by atoms with Crippen LogP contribution in [0.25, 0.3) is 0 Å². The predicted molar refractivity (Wildman–Crippen MR) is 75.4 cm³/mol. The minimum absolute atomic E-state index is 0.0437. The summed E-state index contributed by atoms with van der Waals surface area (Å²) in [5.41, 5.74) is 0.0418. The fourth-order valence-electron chi connectivity index (χ4n) is 2.21. The number of carbonyl (C=O) groups is 2. The number of rotatable bonds is 4. The molecule has 1 amide bonds. The first-order chi connectivity index (χ1) is 9.70. The number of anilines is 1. The Balaban J connectivity index is 2.10. The summed E-state index contributed by atoms with van der Waals surface area (Å²) >= 11 is 0. The molecule has 1 N–H and O–H groups in total. The van der Waals surface area contributed by atoms with Gasteiger partial charge in [0.25, 0.3) is 11.7 Å². The van der Waals surface area contributed by atoms with Crippen LogP contribution < -0.4 is 10.2 Å². The second-order valence-corrected chi connectivity index (χ2v) is 6.10. The van der Waals surface area contributed by atoms with Crippen LogP contribution in [0.15, 0.2) is 12.1 Å². The summed E-state index contributed by atoms with van der Waals surface area (Å²) in [6, 6.07) is 1.70. The van der Waals surface area contributed by atoms with E-state index in [1.54, 1.807) is 0 Å². The molecule has 0 radical (unpaired) electrons. The zero-order valence-electron chi connectivity index (χ0n) is 12.3. The Kier molecular flexibility index (Phi) is 4.09. The molecule has 114 valence electrons. The number of hydrogen-bond donors (Lipinski definition) is 1. The molecule has 1 aliphatic rings. The highest BCUT2D eigenvalue weighted by Gasteiger charge is 2.36. The van der Waals surface area contributed by atoms with E-state index in [1.807, 2.05) is 20.8 Å². The quantitative estimate of drug-likeness (QED) is 0.685. The molecule has 0 spiro atoms. The first-order valence-corrected chi connectivity index (χ1v) is 6.81. The van der Waals surface area contributed by atoms with Crippen molar-refractivity contribution in [1.82, 2.24) is 5.32 Å². The molecule has 0 bridgehead atoms. The molecular weight excluding hydrogens is 278 g/mol. The second kappa shape index (κ2) is 5.52. The van der Waals surface area contributed by atoms with Gasteiger partial charge in [-0.05, 0) is 39.8 Å². The number of amides is 1. The van der Waals surface area contributed by atoms with Crippen LogP contribution in [0.4, 0.5) is 14.5 Å². The summed E-state index contributed by atoms with van der Waals surface area (Å²) in [6.45, 7) is 6.99. The second-order valence-electron chi connectivity index (χ2n) is 6.10. The Morgan fingerprint density at radius 2 is 1.76 bits per heavy atom. The Hall–Kier alpha value is -1.82. The molecule has 4 nitrogen and oxygen atoms in total. The number of ketones is 1. The van der Waals surface area contributed by atoms with E-state index >= 15 is 0 Å². The fourth-order valence-corrected chi connectivity index (χ4v) is 2.21. The molecule has 21 heavy (non-hydrogen) atoms. The van der Waals surface area contributed by atoms with Crippen LogP contribution in [0.1, 0.15) is 37.6 Å². The zero-order chi connectivity index (χ0) is 15.8. The van der Waals surface area contributed by atoms with Crippen molar-refractivity contribution >= 4 is 17.4 Å². The molecule has 0 saturated carbocycles. The van der Waals surface area contributed by atoms with Crippen molar-refractivity contribution in [2.45, 2.75) is 32.7 Å². The maximum Gasteiger partial charge on any atom is 0.299 e. The maximum atomic E-state index is 13.3. The summed E-state index contributed by atoms with van der Waals surface area (Å²) in [7, 11) is 0. The molecular formula is C15H18F2N2O2. The Labute approximate surface area is 122 Å². The van der Waals surface area contributed by atoms with Gasteiger partial charge in [0.15, 0.2) is 11.6 Å².